The number of anilines is 1. The second-order valence-electron chi connectivity index (χ2n) is 8.81. The van der Waals surface area contributed by atoms with Gasteiger partial charge >= 0.3 is 6.18 Å². The van der Waals surface area contributed by atoms with Gasteiger partial charge in [-0.1, -0.05) is 51.8 Å². The van der Waals surface area contributed by atoms with Crippen LogP contribution in [0.3, 0.4) is 0 Å². The van der Waals surface area contributed by atoms with Gasteiger partial charge in [-0.3, -0.25) is 13.9 Å². The van der Waals surface area contributed by atoms with Gasteiger partial charge in [0.15, 0.2) is 0 Å². The quantitative estimate of drug-likeness (QED) is 0.357. The maximum atomic E-state index is 13.7. The topological polar surface area (TPSA) is 86.8 Å². The van der Waals surface area contributed by atoms with Crippen LogP contribution in [0, 0.1) is 6.92 Å². The van der Waals surface area contributed by atoms with E-state index in [0.29, 0.717) is 15.9 Å². The summed E-state index contributed by atoms with van der Waals surface area (Å²) in [5, 5.41) is 2.47. The second-order valence-corrected chi connectivity index (χ2v) is 11.6. The third-order valence-corrected chi connectivity index (χ3v) is 8.35. The van der Waals surface area contributed by atoms with E-state index in [9.17, 15) is 31.2 Å². The van der Waals surface area contributed by atoms with Gasteiger partial charge in [0, 0.05) is 18.1 Å². The Balaban J connectivity index is 2.09. The Morgan fingerprint density at radius 1 is 1.00 bits per heavy atom. The summed E-state index contributed by atoms with van der Waals surface area (Å²) in [6.07, 6.45) is -4.74. The van der Waals surface area contributed by atoms with Crippen LogP contribution in [0.1, 0.15) is 23.6 Å². The number of rotatable bonds is 9. The smallest absolute Gasteiger partial charge is 0.357 e. The van der Waals surface area contributed by atoms with E-state index < -0.39 is 46.2 Å². The predicted molar refractivity (Wildman–Crippen MR) is 145 cm³/mol. The Labute approximate surface area is 233 Å². The molecule has 0 bridgehead atoms. The Hall–Kier alpha value is -3.38. The number of sulfonamides is 1. The summed E-state index contributed by atoms with van der Waals surface area (Å²) >= 11 is 3.33. The summed E-state index contributed by atoms with van der Waals surface area (Å²) in [6.45, 7) is 2.36. The van der Waals surface area contributed by atoms with Gasteiger partial charge in [0.1, 0.15) is 12.6 Å². The van der Waals surface area contributed by atoms with E-state index in [-0.39, 0.29) is 17.1 Å². The fourth-order valence-corrected chi connectivity index (χ4v) is 5.45. The van der Waals surface area contributed by atoms with Crippen molar-refractivity contribution in [2.24, 2.45) is 0 Å². The molecule has 0 saturated heterocycles. The molecule has 1 N–H and O–H groups in total. The lowest BCUT2D eigenvalue weighted by molar-refractivity contribution is -0.139. The molecule has 0 aliphatic carbocycles. The van der Waals surface area contributed by atoms with Crippen molar-refractivity contribution in [2.45, 2.75) is 37.5 Å². The molecule has 3 aromatic rings. The maximum Gasteiger partial charge on any atom is 0.416 e. The van der Waals surface area contributed by atoms with E-state index in [4.69, 9.17) is 0 Å². The molecule has 0 aliphatic rings. The number of hydrogen-bond donors (Lipinski definition) is 1. The van der Waals surface area contributed by atoms with Crippen LogP contribution in [-0.4, -0.2) is 44.8 Å². The fourth-order valence-electron chi connectivity index (χ4n) is 3.78. The van der Waals surface area contributed by atoms with Crippen LogP contribution in [0.15, 0.2) is 82.2 Å². The zero-order valence-corrected chi connectivity index (χ0v) is 23.8. The third-order valence-electron chi connectivity index (χ3n) is 6.03. The van der Waals surface area contributed by atoms with Crippen LogP contribution in [0.25, 0.3) is 0 Å². The highest BCUT2D eigenvalue weighted by molar-refractivity contribution is 9.10. The summed E-state index contributed by atoms with van der Waals surface area (Å²) in [5.41, 5.74) is 0.0296. The number of aryl methyl sites for hydroxylation is 1. The van der Waals surface area contributed by atoms with Gasteiger partial charge in [0.25, 0.3) is 10.0 Å². The number of carbonyl (C=O) groups is 2. The molecule has 39 heavy (non-hydrogen) atoms. The van der Waals surface area contributed by atoms with E-state index in [0.717, 1.165) is 22.2 Å². The summed E-state index contributed by atoms with van der Waals surface area (Å²) in [5.74, 6) is -1.27. The molecule has 0 saturated carbocycles. The van der Waals surface area contributed by atoms with E-state index >= 15 is 0 Å². The van der Waals surface area contributed by atoms with Crippen LogP contribution in [0.4, 0.5) is 18.9 Å². The number of nitrogens with zero attached hydrogens (tertiary/aromatic N) is 2. The minimum atomic E-state index is -4.74. The first-order valence-electron chi connectivity index (χ1n) is 11.8. The van der Waals surface area contributed by atoms with Crippen molar-refractivity contribution < 1.29 is 31.2 Å². The molecule has 0 fully saturated rings. The maximum absolute atomic E-state index is 13.7. The van der Waals surface area contributed by atoms with Crippen LogP contribution >= 0.6 is 15.9 Å². The van der Waals surface area contributed by atoms with Crippen molar-refractivity contribution in [3.8, 4) is 0 Å². The lowest BCUT2D eigenvalue weighted by atomic mass is 10.1. The van der Waals surface area contributed by atoms with Crippen LogP contribution in [-0.2, 0) is 32.3 Å². The number of likely N-dealkylation sites (N-methyl/N-ethyl adjacent to an activating group) is 1. The minimum Gasteiger partial charge on any atom is -0.357 e. The van der Waals surface area contributed by atoms with E-state index in [1.165, 1.54) is 37.1 Å². The number of carbonyl (C=O) groups excluding carboxylic acids is 2. The SMILES string of the molecule is CNC(=O)[C@H](C)N(Cc1ccc(Br)cc1)C(=O)CN(c1cccc(C(F)(F)F)c1)S(=O)(=O)c1ccc(C)cc1. The molecule has 1 atom stereocenters. The van der Waals surface area contributed by atoms with Gasteiger partial charge in [0.2, 0.25) is 11.8 Å². The van der Waals surface area contributed by atoms with Crippen LogP contribution < -0.4 is 9.62 Å². The zero-order valence-electron chi connectivity index (χ0n) is 21.4. The monoisotopic (exact) mass is 625 g/mol. The summed E-state index contributed by atoms with van der Waals surface area (Å²) < 4.78 is 69.3. The number of hydrogen-bond acceptors (Lipinski definition) is 4. The molecule has 7 nitrogen and oxygen atoms in total. The molecule has 0 heterocycles. The van der Waals surface area contributed by atoms with Gasteiger partial charge in [-0.05, 0) is 61.9 Å². The average molecular weight is 626 g/mol. The highest BCUT2D eigenvalue weighted by Gasteiger charge is 2.35. The van der Waals surface area contributed by atoms with Crippen molar-refractivity contribution in [3.05, 3.63) is 94.0 Å². The molecule has 0 aromatic heterocycles. The fraction of sp³-hybridized carbons (Fsp3) is 0.259. The zero-order chi connectivity index (χ0) is 29.0. The number of amides is 2. The van der Waals surface area contributed by atoms with Crippen molar-refractivity contribution in [1.82, 2.24) is 10.2 Å². The van der Waals surface area contributed by atoms with E-state index in [2.05, 4.69) is 21.2 Å². The third kappa shape index (κ3) is 7.39. The van der Waals surface area contributed by atoms with Crippen molar-refractivity contribution >= 4 is 43.5 Å². The Bertz CT molecular complexity index is 1430. The van der Waals surface area contributed by atoms with Crippen molar-refractivity contribution in [2.75, 3.05) is 17.9 Å². The second kappa shape index (κ2) is 12.2. The predicted octanol–water partition coefficient (Wildman–Crippen LogP) is 5.13. The average Bonchev–Trinajstić information content (AvgIpc) is 2.90. The van der Waals surface area contributed by atoms with Gasteiger partial charge in [0.05, 0.1) is 16.1 Å². The molecular formula is C27H27BrF3N3O4S. The minimum absolute atomic E-state index is 0.0400. The summed E-state index contributed by atoms with van der Waals surface area (Å²) in [7, 11) is -3.08. The van der Waals surface area contributed by atoms with Crippen LogP contribution in [0.2, 0.25) is 0 Å². The molecule has 2 amide bonds. The number of benzene rings is 3. The highest BCUT2D eigenvalue weighted by Crippen LogP contribution is 2.33. The van der Waals surface area contributed by atoms with Gasteiger partial charge < -0.3 is 10.2 Å². The first-order chi connectivity index (χ1) is 18.2. The normalized spacial score (nSPS) is 12.5. The molecule has 12 heteroatoms. The van der Waals surface area contributed by atoms with Gasteiger partial charge in [-0.2, -0.15) is 13.2 Å². The van der Waals surface area contributed by atoms with Crippen molar-refractivity contribution in [3.63, 3.8) is 0 Å². The summed E-state index contributed by atoms with van der Waals surface area (Å²) in [4.78, 5) is 27.2. The highest BCUT2D eigenvalue weighted by atomic mass is 79.9. The molecular weight excluding hydrogens is 599 g/mol. The van der Waals surface area contributed by atoms with E-state index in [1.807, 2.05) is 0 Å². The number of halogens is 4. The van der Waals surface area contributed by atoms with Crippen molar-refractivity contribution in [1.29, 1.82) is 0 Å². The van der Waals surface area contributed by atoms with Gasteiger partial charge in [-0.25, -0.2) is 8.42 Å². The number of alkyl halides is 3. The molecule has 0 radical (unpaired) electrons. The first-order valence-corrected chi connectivity index (χ1v) is 14.0. The van der Waals surface area contributed by atoms with E-state index in [1.54, 1.807) is 43.3 Å². The standard InChI is InChI=1S/C27H27BrF3N3O4S/c1-18-7-13-24(14-8-18)39(37,38)34(23-6-4-5-21(15-23)27(29,30)31)17-25(35)33(19(2)26(36)32-3)16-20-9-11-22(28)12-10-20/h4-15,19H,16-17H2,1-3H3,(H,32,36)/t19-/m0/s1. The lowest BCUT2D eigenvalue weighted by Gasteiger charge is -2.32. The largest absolute Gasteiger partial charge is 0.416 e. The first kappa shape index (κ1) is 30.2. The Kier molecular flexibility index (Phi) is 9.44. The molecule has 0 aliphatic heterocycles. The lowest BCUT2D eigenvalue weighted by Crippen LogP contribution is -2.50. The van der Waals surface area contributed by atoms with Gasteiger partial charge in [-0.15, -0.1) is 0 Å². The van der Waals surface area contributed by atoms with Crippen LogP contribution in [0.5, 0.6) is 0 Å². The molecule has 0 spiro atoms. The number of nitrogens with one attached hydrogen (secondary N) is 1. The summed E-state index contributed by atoms with van der Waals surface area (Å²) in [6, 6.07) is 15.5. The molecule has 208 valence electrons. The Morgan fingerprint density at radius 2 is 1.62 bits per heavy atom. The Morgan fingerprint density at radius 3 is 2.18 bits per heavy atom. The molecule has 3 aromatic carbocycles. The molecule has 0 unspecified atom stereocenters. The molecule has 3 rings (SSSR count).